The molecule has 0 unspecified atom stereocenters. The van der Waals surface area contributed by atoms with Gasteiger partial charge in [-0.25, -0.2) is 4.98 Å². The molecule has 0 radical (unpaired) electrons. The van der Waals surface area contributed by atoms with Crippen molar-refractivity contribution in [1.29, 1.82) is 0 Å². The molecule has 0 spiro atoms. The van der Waals surface area contributed by atoms with Crippen LogP contribution in [0.15, 0.2) is 18.7 Å². The van der Waals surface area contributed by atoms with Crippen LogP contribution in [0.25, 0.3) is 0 Å². The van der Waals surface area contributed by atoms with E-state index in [0.29, 0.717) is 0 Å². The smallest absolute Gasteiger partial charge is 0.371 e. The van der Waals surface area contributed by atoms with E-state index >= 15 is 0 Å². The van der Waals surface area contributed by atoms with Gasteiger partial charge in [-0.2, -0.15) is 0 Å². The molecule has 1 aromatic heterocycles. The number of aliphatic carboxylic acids is 1. The molecule has 0 atom stereocenters. The Morgan fingerprint density at radius 3 is 1.86 bits per heavy atom. The normalized spacial score (nSPS) is 11.9. The zero-order chi connectivity index (χ0) is 16.9. The fourth-order valence-electron chi connectivity index (χ4n) is 0.979. The maximum Gasteiger partial charge on any atom is 0.371 e. The summed E-state index contributed by atoms with van der Waals surface area (Å²) in [7, 11) is -10.8. The molecular weight excluding hydrogens is 346 g/mol. The molecule has 0 bridgehead atoms. The van der Waals surface area contributed by atoms with Crippen LogP contribution in [0, 0.1) is 0 Å². The highest BCUT2D eigenvalue weighted by Crippen LogP contribution is 2.67. The Kier molecular flexibility index (Phi) is 8.92. The minimum atomic E-state index is -5.41. The third kappa shape index (κ3) is 6.32. The van der Waals surface area contributed by atoms with Gasteiger partial charge in [-0.05, 0) is 0 Å². The van der Waals surface area contributed by atoms with Gasteiger partial charge >= 0.3 is 21.2 Å². The van der Waals surface area contributed by atoms with Crippen molar-refractivity contribution in [3.8, 4) is 0 Å². The molecule has 0 aliphatic rings. The first-order chi connectivity index (χ1) is 9.35. The minimum Gasteiger partial charge on any atom is -0.480 e. The molecular formula is C7H18N4O9P2. The van der Waals surface area contributed by atoms with Crippen LogP contribution in [0.1, 0.15) is 0 Å². The highest BCUT2D eigenvalue weighted by atomic mass is 31.2. The van der Waals surface area contributed by atoms with Gasteiger partial charge in [0, 0.05) is 12.4 Å². The first kappa shape index (κ1) is 23.1. The average Bonchev–Trinajstić information content (AvgIpc) is 2.79. The van der Waals surface area contributed by atoms with Crippen molar-refractivity contribution in [2.24, 2.45) is 5.73 Å². The van der Waals surface area contributed by atoms with Crippen molar-refractivity contribution in [3.63, 3.8) is 0 Å². The number of hydrogen-bond acceptors (Lipinski definition) is 7. The summed E-state index contributed by atoms with van der Waals surface area (Å²) in [5.74, 6) is -0.968. The lowest BCUT2D eigenvalue weighted by Gasteiger charge is -2.29. The van der Waals surface area contributed by atoms with Crippen molar-refractivity contribution in [2.75, 3.05) is 6.54 Å². The molecule has 15 heteroatoms. The number of rotatable bonds is 5. The summed E-state index contributed by atoms with van der Waals surface area (Å²) in [6, 6.07) is 0. The van der Waals surface area contributed by atoms with Gasteiger partial charge in [0.2, 0.25) is 0 Å². The van der Waals surface area contributed by atoms with Crippen LogP contribution in [-0.4, -0.2) is 56.9 Å². The largest absolute Gasteiger partial charge is 0.480 e. The van der Waals surface area contributed by atoms with Gasteiger partial charge < -0.3 is 46.2 Å². The summed E-state index contributed by atoms with van der Waals surface area (Å²) in [5, 5.41) is 13.6. The van der Waals surface area contributed by atoms with E-state index in [2.05, 4.69) is 10.7 Å². The number of carboxylic acid groups (broad SMARTS) is 1. The third-order valence-corrected chi connectivity index (χ3v) is 5.77. The van der Waals surface area contributed by atoms with Gasteiger partial charge in [-0.15, -0.1) is 0 Å². The number of aliphatic hydroxyl groups is 1. The Morgan fingerprint density at radius 1 is 1.23 bits per heavy atom. The number of nitrogens with zero attached hydrogens (tertiary/aromatic N) is 2. The van der Waals surface area contributed by atoms with E-state index in [1.807, 2.05) is 0 Å². The number of aromatic nitrogens is 2. The SMILES string of the molecule is N.NCC(=O)O.O=P(O)(O)C(O)(Cn1ccnc1)P(=O)(O)O. The topological polar surface area (TPSA) is 251 Å². The lowest BCUT2D eigenvalue weighted by Crippen LogP contribution is -2.33. The first-order valence-corrected chi connectivity index (χ1v) is 8.29. The second kappa shape index (κ2) is 8.48. The molecule has 0 saturated carbocycles. The molecule has 1 heterocycles. The third-order valence-electron chi connectivity index (χ3n) is 2.06. The van der Waals surface area contributed by atoms with E-state index < -0.39 is 32.8 Å². The summed E-state index contributed by atoms with van der Waals surface area (Å²) in [6.45, 7) is -1.23. The second-order valence-corrected chi connectivity index (χ2v) is 7.70. The zero-order valence-electron chi connectivity index (χ0n) is 11.1. The zero-order valence-corrected chi connectivity index (χ0v) is 12.9. The average molecular weight is 364 g/mol. The van der Waals surface area contributed by atoms with Gasteiger partial charge in [-0.3, -0.25) is 13.9 Å². The Bertz CT molecular complexity index is 528. The van der Waals surface area contributed by atoms with Crippen LogP contribution in [0.2, 0.25) is 0 Å². The standard InChI is InChI=1S/C5H10N2O7P2.C2H5NO2.H3N/c8-5(15(9,10)11,16(12,13)14)3-7-2-1-6-4-7;3-1-2(4)5;/h1-2,4,8H,3H2,(H2,9,10,11)(H2,12,13,14);1,3H2,(H,4,5);1H3. The van der Waals surface area contributed by atoms with Crippen LogP contribution in [0.5, 0.6) is 0 Å². The highest BCUT2D eigenvalue weighted by Gasteiger charge is 2.59. The quantitative estimate of drug-likeness (QED) is 0.266. The van der Waals surface area contributed by atoms with Crippen molar-refractivity contribution in [2.45, 2.75) is 11.6 Å². The van der Waals surface area contributed by atoms with E-state index in [-0.39, 0.29) is 12.7 Å². The maximum atomic E-state index is 10.9. The molecule has 0 aliphatic carbocycles. The molecule has 0 aromatic carbocycles. The van der Waals surface area contributed by atoms with Crippen molar-refractivity contribution < 1.29 is 43.7 Å². The molecule has 0 amide bonds. The number of nitrogens with two attached hydrogens (primary N) is 1. The maximum absolute atomic E-state index is 10.9. The minimum absolute atomic E-state index is 0. The highest BCUT2D eigenvalue weighted by molar-refractivity contribution is 7.72. The van der Waals surface area contributed by atoms with Crippen molar-refractivity contribution >= 4 is 21.2 Å². The predicted molar refractivity (Wildman–Crippen MR) is 73.0 cm³/mol. The summed E-state index contributed by atoms with van der Waals surface area (Å²) < 4.78 is 22.8. The summed E-state index contributed by atoms with van der Waals surface area (Å²) in [5.41, 5.74) is 4.57. The number of hydrogen-bond donors (Lipinski definition) is 8. The summed E-state index contributed by atoms with van der Waals surface area (Å²) >= 11 is 0. The Hall–Kier alpha value is -1.14. The van der Waals surface area contributed by atoms with Gasteiger partial charge in [0.15, 0.2) is 0 Å². The summed E-state index contributed by atoms with van der Waals surface area (Å²) in [6.07, 6.45) is 3.51. The van der Waals surface area contributed by atoms with Gasteiger partial charge in [0.1, 0.15) is 0 Å². The molecule has 1 rings (SSSR count). The monoisotopic (exact) mass is 364 g/mol. The molecule has 1 aromatic rings. The fourth-order valence-corrected chi connectivity index (χ4v) is 3.03. The second-order valence-electron chi connectivity index (χ2n) is 3.70. The first-order valence-electron chi connectivity index (χ1n) is 5.06. The van der Waals surface area contributed by atoms with E-state index in [9.17, 15) is 19.0 Å². The molecule has 0 saturated heterocycles. The molecule has 0 fully saturated rings. The lowest BCUT2D eigenvalue weighted by molar-refractivity contribution is -0.135. The lowest BCUT2D eigenvalue weighted by atomic mass is 10.6. The molecule has 130 valence electrons. The van der Waals surface area contributed by atoms with Crippen molar-refractivity contribution in [1.82, 2.24) is 15.7 Å². The van der Waals surface area contributed by atoms with E-state index in [1.54, 1.807) is 0 Å². The molecule has 11 N–H and O–H groups in total. The van der Waals surface area contributed by atoms with Crippen LogP contribution < -0.4 is 11.9 Å². The number of imidazole rings is 1. The van der Waals surface area contributed by atoms with Gasteiger partial charge in [0.05, 0.1) is 19.4 Å². The van der Waals surface area contributed by atoms with E-state index in [0.717, 1.165) is 10.9 Å². The molecule has 0 aliphatic heterocycles. The Morgan fingerprint density at radius 2 is 1.64 bits per heavy atom. The van der Waals surface area contributed by atoms with E-state index in [4.69, 9.17) is 24.7 Å². The van der Waals surface area contributed by atoms with Gasteiger partial charge in [-0.1, -0.05) is 0 Å². The van der Waals surface area contributed by atoms with Crippen LogP contribution in [0.4, 0.5) is 0 Å². The van der Waals surface area contributed by atoms with Crippen LogP contribution in [0.3, 0.4) is 0 Å². The molecule has 13 nitrogen and oxygen atoms in total. The summed E-state index contributed by atoms with van der Waals surface area (Å²) in [4.78, 5) is 48.0. The molecule has 22 heavy (non-hydrogen) atoms. The Balaban J connectivity index is 0. The fraction of sp³-hybridized carbons (Fsp3) is 0.429. The Labute approximate surface area is 124 Å². The van der Waals surface area contributed by atoms with Gasteiger partial charge in [0.25, 0.3) is 5.08 Å². The van der Waals surface area contributed by atoms with Crippen LogP contribution in [-0.2, 0) is 20.5 Å². The number of carboxylic acids is 1. The predicted octanol–water partition coefficient (Wildman–Crippen LogP) is -1.92. The van der Waals surface area contributed by atoms with E-state index in [1.165, 1.54) is 12.4 Å². The number of carbonyl (C=O) groups is 1. The van der Waals surface area contributed by atoms with Crippen molar-refractivity contribution in [3.05, 3.63) is 18.7 Å². The van der Waals surface area contributed by atoms with Crippen LogP contribution >= 0.6 is 15.2 Å².